The van der Waals surface area contributed by atoms with E-state index < -0.39 is 12.1 Å². The molecule has 2 unspecified atom stereocenters. The Labute approximate surface area is 69.5 Å². The second-order valence-corrected chi connectivity index (χ2v) is 3.30. The van der Waals surface area contributed by atoms with Gasteiger partial charge in [-0.15, -0.1) is 0 Å². The van der Waals surface area contributed by atoms with Gasteiger partial charge in [-0.05, 0) is 13.5 Å². The van der Waals surface area contributed by atoms with E-state index in [1.165, 1.54) is 0 Å². The zero-order valence-electron chi connectivity index (χ0n) is 6.93. The number of hydrogen-bond donors (Lipinski definition) is 1. The molecule has 1 aliphatic heterocycles. The first-order valence-corrected chi connectivity index (χ1v) is 3.92. The molecule has 12 heavy (non-hydrogen) atoms. The molecule has 1 aliphatic rings. The van der Waals surface area contributed by atoms with E-state index in [2.05, 4.69) is 0 Å². The van der Waals surface area contributed by atoms with Gasteiger partial charge < -0.3 is 10.6 Å². The summed E-state index contributed by atoms with van der Waals surface area (Å²) < 4.78 is 36.5. The van der Waals surface area contributed by atoms with Crippen LogP contribution in [-0.4, -0.2) is 37.3 Å². The fourth-order valence-corrected chi connectivity index (χ4v) is 1.59. The lowest BCUT2D eigenvalue weighted by molar-refractivity contribution is -0.170. The van der Waals surface area contributed by atoms with Crippen LogP contribution in [0, 0.1) is 5.92 Å². The largest absolute Gasteiger partial charge is 0.393 e. The maximum atomic E-state index is 12.2. The van der Waals surface area contributed by atoms with Crippen LogP contribution in [0.2, 0.25) is 0 Å². The summed E-state index contributed by atoms with van der Waals surface area (Å²) in [5, 5.41) is 0. The summed E-state index contributed by atoms with van der Waals surface area (Å²) in [5.74, 6) is -1.18. The molecular weight excluding hydrogens is 169 g/mol. The van der Waals surface area contributed by atoms with Gasteiger partial charge in [0.1, 0.15) is 0 Å². The van der Waals surface area contributed by atoms with Crippen LogP contribution >= 0.6 is 0 Å². The third-order valence-electron chi connectivity index (χ3n) is 2.42. The van der Waals surface area contributed by atoms with E-state index >= 15 is 0 Å². The molecule has 1 heterocycles. The van der Waals surface area contributed by atoms with E-state index in [1.54, 1.807) is 11.9 Å². The summed E-state index contributed by atoms with van der Waals surface area (Å²) in [5.41, 5.74) is 5.32. The van der Waals surface area contributed by atoms with Crippen LogP contribution in [0.25, 0.3) is 0 Å². The number of nitrogens with two attached hydrogens (primary N) is 1. The molecule has 0 aromatic carbocycles. The quantitative estimate of drug-likeness (QED) is 0.650. The van der Waals surface area contributed by atoms with Gasteiger partial charge in [0, 0.05) is 19.1 Å². The number of alkyl halides is 3. The van der Waals surface area contributed by atoms with Crippen LogP contribution in [-0.2, 0) is 0 Å². The lowest BCUT2D eigenvalue weighted by Gasteiger charge is -2.15. The molecule has 2 atom stereocenters. The number of halogens is 3. The lowest BCUT2D eigenvalue weighted by atomic mass is 10.1. The van der Waals surface area contributed by atoms with Crippen LogP contribution in [0.4, 0.5) is 13.2 Å². The molecule has 2 N–H and O–H groups in total. The first-order chi connectivity index (χ1) is 5.45. The average molecular weight is 182 g/mol. The van der Waals surface area contributed by atoms with E-state index in [4.69, 9.17) is 5.73 Å². The Balaban J connectivity index is 2.54. The van der Waals surface area contributed by atoms with Crippen LogP contribution in [0.5, 0.6) is 0 Å². The molecule has 2 nitrogen and oxygen atoms in total. The zero-order valence-corrected chi connectivity index (χ0v) is 6.93. The fourth-order valence-electron chi connectivity index (χ4n) is 1.59. The van der Waals surface area contributed by atoms with Crippen LogP contribution < -0.4 is 5.73 Å². The van der Waals surface area contributed by atoms with Crippen molar-refractivity contribution in [2.24, 2.45) is 11.7 Å². The molecular formula is C7H13F3N2. The van der Waals surface area contributed by atoms with Crippen molar-refractivity contribution < 1.29 is 13.2 Å². The number of likely N-dealkylation sites (N-methyl/N-ethyl adjacent to an activating group) is 1. The highest BCUT2D eigenvalue weighted by Crippen LogP contribution is 2.35. The molecule has 0 saturated carbocycles. The Hall–Kier alpha value is -0.290. The molecule has 0 bridgehead atoms. The predicted octanol–water partition coefficient (Wildman–Crippen LogP) is 0.828. The standard InChI is InChI=1S/C7H13F3N2/c1-12-4-5(7(8,9)10)2-6(12)3-11/h5-6H,2-4,11H2,1H3. The van der Waals surface area contributed by atoms with Gasteiger partial charge in [-0.3, -0.25) is 0 Å². The van der Waals surface area contributed by atoms with Gasteiger partial charge in [-0.25, -0.2) is 0 Å². The molecule has 5 heteroatoms. The van der Waals surface area contributed by atoms with Gasteiger partial charge in [-0.1, -0.05) is 0 Å². The van der Waals surface area contributed by atoms with E-state index in [-0.39, 0.29) is 19.0 Å². The molecule has 0 spiro atoms. The van der Waals surface area contributed by atoms with Crippen molar-refractivity contribution in [1.82, 2.24) is 4.90 Å². The molecule has 1 fully saturated rings. The molecule has 0 aliphatic carbocycles. The predicted molar refractivity (Wildman–Crippen MR) is 39.6 cm³/mol. The topological polar surface area (TPSA) is 29.3 Å². The SMILES string of the molecule is CN1CC(C(F)(F)F)CC1CN. The van der Waals surface area contributed by atoms with E-state index in [1.807, 2.05) is 0 Å². The molecule has 1 rings (SSSR count). The first kappa shape index (κ1) is 9.80. The minimum absolute atomic E-state index is 0.0887. The average Bonchev–Trinajstić information content (AvgIpc) is 2.29. The molecule has 0 aromatic heterocycles. The second kappa shape index (κ2) is 3.22. The van der Waals surface area contributed by atoms with Crippen molar-refractivity contribution in [3.8, 4) is 0 Å². The highest BCUT2D eigenvalue weighted by Gasteiger charge is 2.45. The van der Waals surface area contributed by atoms with E-state index in [9.17, 15) is 13.2 Å². The summed E-state index contributed by atoms with van der Waals surface area (Å²) in [7, 11) is 1.68. The van der Waals surface area contributed by atoms with E-state index in [0.717, 1.165) is 0 Å². The number of hydrogen-bond acceptors (Lipinski definition) is 2. The zero-order chi connectivity index (χ0) is 9.35. The summed E-state index contributed by atoms with van der Waals surface area (Å²) in [6.07, 6.45) is -3.91. The van der Waals surface area contributed by atoms with E-state index in [0.29, 0.717) is 6.54 Å². The van der Waals surface area contributed by atoms with Crippen LogP contribution in [0.3, 0.4) is 0 Å². The fraction of sp³-hybridized carbons (Fsp3) is 1.00. The van der Waals surface area contributed by atoms with Crippen molar-refractivity contribution in [2.75, 3.05) is 20.1 Å². The third-order valence-corrected chi connectivity index (χ3v) is 2.42. The molecule has 0 aromatic rings. The number of nitrogens with zero attached hydrogens (tertiary/aromatic N) is 1. The monoisotopic (exact) mass is 182 g/mol. The van der Waals surface area contributed by atoms with Crippen molar-refractivity contribution in [1.29, 1.82) is 0 Å². The normalized spacial score (nSPS) is 32.8. The van der Waals surface area contributed by atoms with Gasteiger partial charge in [-0.2, -0.15) is 13.2 Å². The highest BCUT2D eigenvalue weighted by molar-refractivity contribution is 4.87. The highest BCUT2D eigenvalue weighted by atomic mass is 19.4. The lowest BCUT2D eigenvalue weighted by Crippen LogP contribution is -2.32. The maximum absolute atomic E-state index is 12.2. The van der Waals surface area contributed by atoms with Crippen LogP contribution in [0.1, 0.15) is 6.42 Å². The summed E-state index contributed by atoms with van der Waals surface area (Å²) >= 11 is 0. The third kappa shape index (κ3) is 1.90. The molecule has 1 saturated heterocycles. The Kier molecular flexibility index (Phi) is 2.63. The maximum Gasteiger partial charge on any atom is 0.393 e. The molecule has 0 amide bonds. The van der Waals surface area contributed by atoms with Gasteiger partial charge in [0.05, 0.1) is 5.92 Å². The Bertz CT molecular complexity index is 157. The first-order valence-electron chi connectivity index (χ1n) is 3.92. The Morgan fingerprint density at radius 3 is 2.33 bits per heavy atom. The minimum atomic E-state index is -4.06. The summed E-state index contributed by atoms with van der Waals surface area (Å²) in [4.78, 5) is 1.68. The summed E-state index contributed by atoms with van der Waals surface area (Å²) in [6, 6.07) is -0.100. The van der Waals surface area contributed by atoms with Gasteiger partial charge in [0.15, 0.2) is 0 Å². The molecule has 0 radical (unpaired) electrons. The van der Waals surface area contributed by atoms with Crippen molar-refractivity contribution in [3.63, 3.8) is 0 Å². The number of rotatable bonds is 1. The molecule has 72 valence electrons. The summed E-state index contributed by atoms with van der Waals surface area (Å²) in [6.45, 7) is 0.397. The number of likely N-dealkylation sites (tertiary alicyclic amines) is 1. The van der Waals surface area contributed by atoms with Gasteiger partial charge in [0.2, 0.25) is 0 Å². The van der Waals surface area contributed by atoms with Crippen molar-refractivity contribution in [3.05, 3.63) is 0 Å². The van der Waals surface area contributed by atoms with Gasteiger partial charge in [0.25, 0.3) is 0 Å². The second-order valence-electron chi connectivity index (χ2n) is 3.30. The van der Waals surface area contributed by atoms with Crippen molar-refractivity contribution in [2.45, 2.75) is 18.6 Å². The smallest absolute Gasteiger partial charge is 0.329 e. The van der Waals surface area contributed by atoms with Crippen molar-refractivity contribution >= 4 is 0 Å². The van der Waals surface area contributed by atoms with Gasteiger partial charge >= 0.3 is 6.18 Å². The van der Waals surface area contributed by atoms with Crippen LogP contribution in [0.15, 0.2) is 0 Å². The Morgan fingerprint density at radius 1 is 1.50 bits per heavy atom. The Morgan fingerprint density at radius 2 is 2.08 bits per heavy atom. The minimum Gasteiger partial charge on any atom is -0.329 e.